The number of halogens is 3. The fourth-order valence-electron chi connectivity index (χ4n) is 1.95. The van der Waals surface area contributed by atoms with Crippen molar-refractivity contribution in [3.8, 4) is 16.3 Å². The number of benzene rings is 1. The molecule has 0 saturated heterocycles. The highest BCUT2D eigenvalue weighted by Crippen LogP contribution is 2.42. The summed E-state index contributed by atoms with van der Waals surface area (Å²) in [6.45, 7) is 0. The maximum absolute atomic E-state index is 13.2. The third-order valence-corrected chi connectivity index (χ3v) is 4.02. The molecule has 1 aromatic carbocycles. The largest absolute Gasteiger partial charge is 0.507 e. The van der Waals surface area contributed by atoms with E-state index in [1.54, 1.807) is 30.3 Å². The molecular formula is C16H10F3N3OS. The molecule has 0 saturated carbocycles. The van der Waals surface area contributed by atoms with Gasteiger partial charge in [-0.15, -0.1) is 0 Å². The molecule has 0 unspecified atom stereocenters. The summed E-state index contributed by atoms with van der Waals surface area (Å²) < 4.78 is 39.6. The number of phenols is 1. The van der Waals surface area contributed by atoms with Gasteiger partial charge in [0.05, 0.1) is 10.6 Å². The summed E-state index contributed by atoms with van der Waals surface area (Å²) in [5.41, 5.74) is -0.442. The number of aliphatic imine (C=N–C) groups is 1. The molecule has 8 heteroatoms. The number of phenolic OH excluding ortho intramolecular Hbond substituents is 1. The molecular weight excluding hydrogens is 339 g/mol. The van der Waals surface area contributed by atoms with Gasteiger partial charge in [0.1, 0.15) is 5.75 Å². The molecule has 0 amide bonds. The average molecular weight is 349 g/mol. The van der Waals surface area contributed by atoms with Crippen LogP contribution >= 0.6 is 11.3 Å². The van der Waals surface area contributed by atoms with Crippen molar-refractivity contribution < 1.29 is 18.3 Å². The van der Waals surface area contributed by atoms with Gasteiger partial charge < -0.3 is 5.11 Å². The Balaban J connectivity index is 2.02. The van der Waals surface area contributed by atoms with Gasteiger partial charge in [0.25, 0.3) is 0 Å². The van der Waals surface area contributed by atoms with Crippen LogP contribution in [-0.2, 0) is 6.18 Å². The van der Waals surface area contributed by atoms with Gasteiger partial charge in [0.15, 0.2) is 5.69 Å². The number of rotatable bonds is 3. The van der Waals surface area contributed by atoms with Crippen LogP contribution in [0, 0.1) is 0 Å². The first-order valence-electron chi connectivity index (χ1n) is 6.76. The highest BCUT2D eigenvalue weighted by Gasteiger charge is 2.38. The van der Waals surface area contributed by atoms with E-state index in [0.717, 1.165) is 11.3 Å². The van der Waals surface area contributed by atoms with E-state index in [1.165, 1.54) is 24.5 Å². The number of nitrogens with zero attached hydrogens (tertiary/aromatic N) is 3. The Bertz CT molecular complexity index is 876. The molecule has 0 bridgehead atoms. The summed E-state index contributed by atoms with van der Waals surface area (Å²) in [5, 5.41) is 9.59. The molecule has 0 radical (unpaired) electrons. The van der Waals surface area contributed by atoms with E-state index < -0.39 is 11.9 Å². The normalized spacial score (nSPS) is 12.0. The Labute approximate surface area is 139 Å². The van der Waals surface area contributed by atoms with Gasteiger partial charge in [-0.3, -0.25) is 4.98 Å². The molecule has 4 nitrogen and oxygen atoms in total. The van der Waals surface area contributed by atoms with Crippen molar-refractivity contribution in [2.24, 2.45) is 4.99 Å². The first-order chi connectivity index (χ1) is 11.4. The van der Waals surface area contributed by atoms with Crippen molar-refractivity contribution in [2.45, 2.75) is 6.18 Å². The Kier molecular flexibility index (Phi) is 4.30. The number of para-hydroxylation sites is 1. The van der Waals surface area contributed by atoms with Crippen molar-refractivity contribution in [1.29, 1.82) is 0 Å². The van der Waals surface area contributed by atoms with Crippen LogP contribution < -0.4 is 0 Å². The van der Waals surface area contributed by atoms with E-state index in [2.05, 4.69) is 15.0 Å². The predicted octanol–water partition coefficient (Wildman–Crippen LogP) is 4.68. The summed E-state index contributed by atoms with van der Waals surface area (Å²) in [7, 11) is 0. The summed E-state index contributed by atoms with van der Waals surface area (Å²) in [4.78, 5) is 11.4. The summed E-state index contributed by atoms with van der Waals surface area (Å²) in [6.07, 6.45) is -1.91. The van der Waals surface area contributed by atoms with Gasteiger partial charge in [0, 0.05) is 18.0 Å². The number of aromatic nitrogens is 2. The Morgan fingerprint density at radius 3 is 2.50 bits per heavy atom. The number of pyridine rings is 1. The highest BCUT2D eigenvalue weighted by molar-refractivity contribution is 7.18. The SMILES string of the molecule is Oc1ccccc1C=Nc1nc(C(F)(F)F)c(-c2ccccn2)s1. The number of thiazole rings is 1. The lowest BCUT2D eigenvalue weighted by Gasteiger charge is -2.04. The molecule has 0 spiro atoms. The maximum Gasteiger partial charge on any atom is 0.434 e. The second kappa shape index (κ2) is 6.40. The van der Waals surface area contributed by atoms with Gasteiger partial charge in [-0.1, -0.05) is 29.5 Å². The van der Waals surface area contributed by atoms with Crippen LogP contribution in [0.25, 0.3) is 10.6 Å². The quantitative estimate of drug-likeness (QED) is 0.699. The number of hydrogen-bond donors (Lipinski definition) is 1. The van der Waals surface area contributed by atoms with Gasteiger partial charge in [0.2, 0.25) is 5.13 Å². The zero-order valence-electron chi connectivity index (χ0n) is 12.0. The molecule has 122 valence electrons. The first-order valence-corrected chi connectivity index (χ1v) is 7.58. The van der Waals surface area contributed by atoms with Gasteiger partial charge in [-0.25, -0.2) is 9.98 Å². The van der Waals surface area contributed by atoms with E-state index in [4.69, 9.17) is 0 Å². The second-order valence-corrected chi connectivity index (χ2v) is 5.68. The summed E-state index contributed by atoms with van der Waals surface area (Å²) in [5.74, 6) is -0.0150. The summed E-state index contributed by atoms with van der Waals surface area (Å²) >= 11 is 0.791. The molecule has 2 aromatic heterocycles. The standard InChI is InChI=1S/C16H10F3N3OS/c17-16(18,19)14-13(11-6-3-4-8-20-11)24-15(22-14)21-9-10-5-1-2-7-12(10)23/h1-9,23H. The number of alkyl halides is 3. The fraction of sp³-hybridized carbons (Fsp3) is 0.0625. The van der Waals surface area contributed by atoms with Crippen molar-refractivity contribution >= 4 is 22.7 Å². The molecule has 0 atom stereocenters. The first kappa shape index (κ1) is 16.1. The summed E-state index contributed by atoms with van der Waals surface area (Å²) in [6, 6.07) is 11.1. The monoisotopic (exact) mass is 349 g/mol. The molecule has 0 aliphatic rings. The van der Waals surface area contributed by atoms with Gasteiger partial charge in [-0.05, 0) is 24.3 Å². The zero-order valence-corrected chi connectivity index (χ0v) is 12.8. The van der Waals surface area contributed by atoms with Gasteiger partial charge >= 0.3 is 6.18 Å². The molecule has 2 heterocycles. The number of aromatic hydroxyl groups is 1. The highest BCUT2D eigenvalue weighted by atomic mass is 32.1. The predicted molar refractivity (Wildman–Crippen MR) is 85.7 cm³/mol. The third-order valence-electron chi connectivity index (χ3n) is 3.03. The molecule has 3 rings (SSSR count). The van der Waals surface area contributed by atoms with Crippen molar-refractivity contribution in [2.75, 3.05) is 0 Å². The van der Waals surface area contributed by atoms with Crippen LogP contribution in [0.1, 0.15) is 11.3 Å². The minimum absolute atomic E-state index is 0.0150. The maximum atomic E-state index is 13.2. The molecule has 24 heavy (non-hydrogen) atoms. The lowest BCUT2D eigenvalue weighted by atomic mass is 10.2. The van der Waals surface area contributed by atoms with Crippen LogP contribution in [0.3, 0.4) is 0 Å². The molecule has 0 fully saturated rings. The smallest absolute Gasteiger partial charge is 0.434 e. The average Bonchev–Trinajstić information content (AvgIpc) is 3.00. The van der Waals surface area contributed by atoms with E-state index in [1.807, 2.05) is 0 Å². The van der Waals surface area contributed by atoms with Crippen LogP contribution in [-0.4, -0.2) is 21.3 Å². The number of hydrogen-bond acceptors (Lipinski definition) is 5. The van der Waals surface area contributed by atoms with Gasteiger partial charge in [-0.2, -0.15) is 13.2 Å². The van der Waals surface area contributed by atoms with Crippen molar-refractivity contribution in [3.05, 3.63) is 59.9 Å². The van der Waals surface area contributed by atoms with Crippen LogP contribution in [0.15, 0.2) is 53.7 Å². The van der Waals surface area contributed by atoms with E-state index in [0.29, 0.717) is 5.56 Å². The van der Waals surface area contributed by atoms with Crippen molar-refractivity contribution in [3.63, 3.8) is 0 Å². The Hall–Kier alpha value is -2.74. The fourth-order valence-corrected chi connectivity index (χ4v) is 2.86. The lowest BCUT2D eigenvalue weighted by molar-refractivity contribution is -0.140. The van der Waals surface area contributed by atoms with E-state index in [9.17, 15) is 18.3 Å². The second-order valence-electron chi connectivity index (χ2n) is 4.70. The van der Waals surface area contributed by atoms with Crippen LogP contribution in [0.4, 0.5) is 18.3 Å². The lowest BCUT2D eigenvalue weighted by Crippen LogP contribution is -2.07. The van der Waals surface area contributed by atoms with Crippen molar-refractivity contribution in [1.82, 2.24) is 9.97 Å². The Morgan fingerprint density at radius 1 is 1.08 bits per heavy atom. The Morgan fingerprint density at radius 2 is 1.83 bits per heavy atom. The van der Waals surface area contributed by atoms with Crippen LogP contribution in [0.5, 0.6) is 5.75 Å². The molecule has 0 aliphatic carbocycles. The molecule has 1 N–H and O–H groups in total. The van der Waals surface area contributed by atoms with Crippen LogP contribution in [0.2, 0.25) is 0 Å². The van der Waals surface area contributed by atoms with E-state index in [-0.39, 0.29) is 21.5 Å². The minimum Gasteiger partial charge on any atom is -0.507 e. The third kappa shape index (κ3) is 3.43. The molecule has 3 aromatic rings. The molecule has 0 aliphatic heterocycles. The zero-order chi connectivity index (χ0) is 17.2. The minimum atomic E-state index is -4.61. The topological polar surface area (TPSA) is 58.4 Å². The van der Waals surface area contributed by atoms with E-state index >= 15 is 0 Å².